The molecule has 3 heteroatoms. The molecule has 1 N–H and O–H groups in total. The standard InChI is InChI=1S/C3H4N2.Se/c1-2-4-5-3-1;/h1-3H,(H,4,5);. The van der Waals surface area contributed by atoms with Gasteiger partial charge in [-0.25, -0.2) is 0 Å². The van der Waals surface area contributed by atoms with Crippen LogP contribution in [0.2, 0.25) is 0 Å². The predicted octanol–water partition coefficient (Wildman–Crippen LogP) is 0.0289. The summed E-state index contributed by atoms with van der Waals surface area (Å²) in [5.74, 6) is 0. The fraction of sp³-hybridized carbons (Fsp3) is 0. The number of hydrogen-bond donors (Lipinski definition) is 1. The van der Waals surface area contributed by atoms with Crippen LogP contribution in [0.5, 0.6) is 0 Å². The molecule has 1 aromatic heterocycles. The van der Waals surface area contributed by atoms with Crippen LogP contribution in [-0.2, 0) is 0 Å². The summed E-state index contributed by atoms with van der Waals surface area (Å²) in [7, 11) is 0. The maximum Gasteiger partial charge on any atom is 0.0487 e. The third-order valence-electron chi connectivity index (χ3n) is 0.406. The van der Waals surface area contributed by atoms with Crippen molar-refractivity contribution in [3.8, 4) is 0 Å². The van der Waals surface area contributed by atoms with E-state index < -0.39 is 0 Å². The van der Waals surface area contributed by atoms with Gasteiger partial charge >= 0.3 is 0 Å². The summed E-state index contributed by atoms with van der Waals surface area (Å²) in [5, 5.41) is 6.21. The molecular formula is C3H4N2Se. The van der Waals surface area contributed by atoms with Crippen LogP contribution in [0.15, 0.2) is 18.5 Å². The van der Waals surface area contributed by atoms with Gasteiger partial charge in [0.2, 0.25) is 0 Å². The van der Waals surface area contributed by atoms with Gasteiger partial charge in [-0.05, 0) is 6.07 Å². The summed E-state index contributed by atoms with van der Waals surface area (Å²) in [5.41, 5.74) is 0. The van der Waals surface area contributed by atoms with Crippen LogP contribution in [-0.4, -0.2) is 27.3 Å². The first-order valence-electron chi connectivity index (χ1n) is 1.44. The molecule has 0 unspecified atom stereocenters. The molecule has 0 saturated carbocycles. The Morgan fingerprint density at radius 1 is 1.50 bits per heavy atom. The van der Waals surface area contributed by atoms with Crippen molar-refractivity contribution in [3.05, 3.63) is 18.5 Å². The first-order valence-corrected chi connectivity index (χ1v) is 1.44. The van der Waals surface area contributed by atoms with Crippen LogP contribution in [0.3, 0.4) is 0 Å². The van der Waals surface area contributed by atoms with Crippen molar-refractivity contribution < 1.29 is 0 Å². The zero-order valence-corrected chi connectivity index (χ0v) is 4.80. The SMILES string of the molecule is [Se].c1cn[nH]c1. The van der Waals surface area contributed by atoms with Crippen LogP contribution in [0.1, 0.15) is 0 Å². The van der Waals surface area contributed by atoms with Crippen LogP contribution >= 0.6 is 0 Å². The van der Waals surface area contributed by atoms with Gasteiger partial charge in [-0.1, -0.05) is 0 Å². The number of aromatic nitrogens is 2. The van der Waals surface area contributed by atoms with Crippen LogP contribution in [0.25, 0.3) is 0 Å². The molecular weight excluding hydrogens is 143 g/mol. The van der Waals surface area contributed by atoms with Crippen LogP contribution in [0.4, 0.5) is 0 Å². The van der Waals surface area contributed by atoms with Gasteiger partial charge in [0.15, 0.2) is 0 Å². The fourth-order valence-corrected chi connectivity index (χ4v) is 0.215. The van der Waals surface area contributed by atoms with Gasteiger partial charge in [-0.2, -0.15) is 5.10 Å². The Hall–Kier alpha value is -0.271. The number of nitrogens with one attached hydrogen (secondary N) is 1. The average Bonchev–Trinajstić information content (AvgIpc) is 1.76. The Morgan fingerprint density at radius 2 is 2.33 bits per heavy atom. The third kappa shape index (κ3) is 1.24. The number of hydrogen-bond acceptors (Lipinski definition) is 1. The second kappa shape index (κ2) is 2.94. The molecule has 1 aromatic rings. The van der Waals surface area contributed by atoms with Crippen molar-refractivity contribution >= 4 is 17.1 Å². The number of H-pyrrole nitrogens is 1. The molecule has 0 aliphatic rings. The van der Waals surface area contributed by atoms with Crippen molar-refractivity contribution in [2.45, 2.75) is 0 Å². The predicted molar refractivity (Wildman–Crippen MR) is 24.3 cm³/mol. The molecule has 0 atom stereocenters. The summed E-state index contributed by atoms with van der Waals surface area (Å²) >= 11 is 0. The van der Waals surface area contributed by atoms with Gasteiger partial charge in [-0.15, -0.1) is 0 Å². The van der Waals surface area contributed by atoms with E-state index in [-0.39, 0.29) is 17.1 Å². The molecule has 0 saturated heterocycles. The van der Waals surface area contributed by atoms with Gasteiger partial charge < -0.3 is 0 Å². The van der Waals surface area contributed by atoms with E-state index in [4.69, 9.17) is 0 Å². The van der Waals surface area contributed by atoms with Crippen molar-refractivity contribution in [1.82, 2.24) is 10.2 Å². The van der Waals surface area contributed by atoms with Crippen molar-refractivity contribution in [3.63, 3.8) is 0 Å². The molecule has 2 nitrogen and oxygen atoms in total. The topological polar surface area (TPSA) is 28.7 Å². The molecule has 0 amide bonds. The van der Waals surface area contributed by atoms with E-state index in [0.717, 1.165) is 0 Å². The molecule has 2 radical (unpaired) electrons. The van der Waals surface area contributed by atoms with E-state index in [2.05, 4.69) is 10.2 Å². The molecule has 0 bridgehead atoms. The quantitative estimate of drug-likeness (QED) is 0.515. The number of aromatic amines is 1. The summed E-state index contributed by atoms with van der Waals surface area (Å²) in [6.07, 6.45) is 3.46. The van der Waals surface area contributed by atoms with Crippen LogP contribution in [0, 0.1) is 0 Å². The maximum absolute atomic E-state index is 3.60. The Kier molecular flexibility index (Phi) is 2.81. The van der Waals surface area contributed by atoms with E-state index in [1.165, 1.54) is 0 Å². The summed E-state index contributed by atoms with van der Waals surface area (Å²) in [6, 6.07) is 1.83. The van der Waals surface area contributed by atoms with Gasteiger partial charge in [0.05, 0.1) is 0 Å². The largest absolute Gasteiger partial charge is 0.286 e. The molecule has 6 heavy (non-hydrogen) atoms. The Labute approximate surface area is 46.4 Å². The summed E-state index contributed by atoms with van der Waals surface area (Å²) in [4.78, 5) is 0. The zero-order chi connectivity index (χ0) is 3.54. The second-order valence-electron chi connectivity index (χ2n) is 0.766. The van der Waals surface area contributed by atoms with Gasteiger partial charge in [0, 0.05) is 29.5 Å². The molecule has 32 valence electrons. The molecule has 1 heterocycles. The third-order valence-corrected chi connectivity index (χ3v) is 0.406. The zero-order valence-electron chi connectivity index (χ0n) is 3.09. The molecule has 0 spiro atoms. The Bertz CT molecular complexity index is 65.3. The molecule has 1 rings (SSSR count). The maximum atomic E-state index is 3.60. The van der Waals surface area contributed by atoms with Crippen molar-refractivity contribution in [2.24, 2.45) is 0 Å². The fourth-order valence-electron chi connectivity index (χ4n) is 0.215. The minimum absolute atomic E-state index is 0. The van der Waals surface area contributed by atoms with Gasteiger partial charge in [-0.3, -0.25) is 5.10 Å². The first-order chi connectivity index (χ1) is 2.50. The monoisotopic (exact) mass is 148 g/mol. The normalized spacial score (nSPS) is 6.67. The smallest absolute Gasteiger partial charge is 0.0487 e. The molecule has 0 aliphatic carbocycles. The van der Waals surface area contributed by atoms with Crippen LogP contribution < -0.4 is 0 Å². The van der Waals surface area contributed by atoms with Crippen molar-refractivity contribution in [2.75, 3.05) is 0 Å². The molecule has 0 aromatic carbocycles. The molecule has 0 fully saturated rings. The van der Waals surface area contributed by atoms with E-state index in [1.54, 1.807) is 12.4 Å². The first kappa shape index (κ1) is 5.73. The van der Waals surface area contributed by atoms with E-state index in [1.807, 2.05) is 6.07 Å². The van der Waals surface area contributed by atoms with Gasteiger partial charge in [0.1, 0.15) is 0 Å². The number of rotatable bonds is 0. The van der Waals surface area contributed by atoms with Crippen molar-refractivity contribution in [1.29, 1.82) is 0 Å². The Balaban J connectivity index is 0.000000250. The summed E-state index contributed by atoms with van der Waals surface area (Å²) in [6.45, 7) is 0. The van der Waals surface area contributed by atoms with E-state index >= 15 is 0 Å². The minimum atomic E-state index is 0. The second-order valence-corrected chi connectivity index (χ2v) is 0.766. The Morgan fingerprint density at radius 3 is 2.50 bits per heavy atom. The minimum Gasteiger partial charge on any atom is -0.286 e. The van der Waals surface area contributed by atoms with Gasteiger partial charge in [0.25, 0.3) is 0 Å². The average molecular weight is 147 g/mol. The van der Waals surface area contributed by atoms with E-state index in [0.29, 0.717) is 0 Å². The van der Waals surface area contributed by atoms with E-state index in [9.17, 15) is 0 Å². The summed E-state index contributed by atoms with van der Waals surface area (Å²) < 4.78 is 0. The number of nitrogens with zero attached hydrogens (tertiary/aromatic N) is 1. The molecule has 0 aliphatic heterocycles.